The molecule has 1 nitrogen and oxygen atoms in total. The van der Waals surface area contributed by atoms with Gasteiger partial charge >= 0.3 is 0 Å². The van der Waals surface area contributed by atoms with Crippen molar-refractivity contribution < 1.29 is 0 Å². The lowest BCUT2D eigenvalue weighted by atomic mass is 9.96. The van der Waals surface area contributed by atoms with E-state index in [2.05, 4.69) is 64.4 Å². The van der Waals surface area contributed by atoms with Crippen LogP contribution in [-0.2, 0) is 12.8 Å². The maximum Gasteiger partial charge on any atom is 0.0897 e. The van der Waals surface area contributed by atoms with Crippen molar-refractivity contribution in [1.82, 2.24) is 4.98 Å². The fourth-order valence-electron chi connectivity index (χ4n) is 2.15. The van der Waals surface area contributed by atoms with Gasteiger partial charge in [-0.15, -0.1) is 11.3 Å². The molecule has 0 saturated heterocycles. The summed E-state index contributed by atoms with van der Waals surface area (Å²) in [5.41, 5.74) is 3.99. The highest BCUT2D eigenvalue weighted by Crippen LogP contribution is 2.19. The molecular formula is C15H18BrNS. The molecule has 0 aliphatic carbocycles. The van der Waals surface area contributed by atoms with Crippen LogP contribution in [0.2, 0.25) is 0 Å². The van der Waals surface area contributed by atoms with Gasteiger partial charge in [-0.1, -0.05) is 45.8 Å². The highest BCUT2D eigenvalue weighted by molar-refractivity contribution is 9.09. The second kappa shape index (κ2) is 6.48. The van der Waals surface area contributed by atoms with Gasteiger partial charge in [0.25, 0.3) is 0 Å². The largest absolute Gasteiger partial charge is 0.247 e. The van der Waals surface area contributed by atoms with Crippen molar-refractivity contribution in [2.75, 3.05) is 5.33 Å². The number of alkyl halides is 1. The molecule has 1 unspecified atom stereocenters. The van der Waals surface area contributed by atoms with Crippen molar-refractivity contribution in [3.05, 3.63) is 51.5 Å². The van der Waals surface area contributed by atoms with Crippen LogP contribution in [0.5, 0.6) is 0 Å². The molecule has 0 amide bonds. The van der Waals surface area contributed by atoms with E-state index in [9.17, 15) is 0 Å². The zero-order valence-corrected chi connectivity index (χ0v) is 13.2. The lowest BCUT2D eigenvalue weighted by molar-refractivity contribution is 0.583. The van der Waals surface area contributed by atoms with Crippen molar-refractivity contribution in [1.29, 1.82) is 0 Å². The Morgan fingerprint density at radius 2 is 2.11 bits per heavy atom. The third kappa shape index (κ3) is 3.92. The van der Waals surface area contributed by atoms with Crippen LogP contribution in [0.4, 0.5) is 0 Å². The molecule has 1 aromatic heterocycles. The smallest absolute Gasteiger partial charge is 0.0897 e. The van der Waals surface area contributed by atoms with Crippen molar-refractivity contribution in [3.63, 3.8) is 0 Å². The van der Waals surface area contributed by atoms with Crippen LogP contribution in [0.3, 0.4) is 0 Å². The monoisotopic (exact) mass is 323 g/mol. The van der Waals surface area contributed by atoms with E-state index in [1.807, 2.05) is 0 Å². The molecule has 2 rings (SSSR count). The third-order valence-electron chi connectivity index (χ3n) is 2.99. The van der Waals surface area contributed by atoms with Crippen molar-refractivity contribution in [2.45, 2.75) is 26.7 Å². The van der Waals surface area contributed by atoms with E-state index < -0.39 is 0 Å². The molecule has 3 heteroatoms. The van der Waals surface area contributed by atoms with Crippen molar-refractivity contribution in [3.8, 4) is 0 Å². The van der Waals surface area contributed by atoms with Crippen LogP contribution in [0.25, 0.3) is 0 Å². The van der Waals surface area contributed by atoms with Gasteiger partial charge in [-0.25, -0.2) is 4.98 Å². The average molecular weight is 324 g/mol. The number of benzene rings is 1. The molecule has 0 spiro atoms. The van der Waals surface area contributed by atoms with Crippen LogP contribution in [0.15, 0.2) is 29.6 Å². The molecular weight excluding hydrogens is 306 g/mol. The molecule has 1 heterocycles. The number of hydrogen-bond donors (Lipinski definition) is 0. The Balaban J connectivity index is 2.01. The van der Waals surface area contributed by atoms with Gasteiger partial charge in [-0.05, 0) is 38.2 Å². The molecule has 0 saturated carbocycles. The summed E-state index contributed by atoms with van der Waals surface area (Å²) in [7, 11) is 0. The van der Waals surface area contributed by atoms with Crippen molar-refractivity contribution in [2.24, 2.45) is 5.92 Å². The normalized spacial score (nSPS) is 12.6. The third-order valence-corrected chi connectivity index (χ3v) is 4.73. The van der Waals surface area contributed by atoms with Crippen LogP contribution < -0.4 is 0 Å². The predicted octanol–water partition coefficient (Wildman–Crippen LogP) is 4.56. The molecule has 0 radical (unpaired) electrons. The Labute approximate surface area is 121 Å². The maximum absolute atomic E-state index is 4.56. The summed E-state index contributed by atoms with van der Waals surface area (Å²) in [5.74, 6) is 0.619. The van der Waals surface area contributed by atoms with Gasteiger partial charge in [0.1, 0.15) is 0 Å². The Morgan fingerprint density at radius 1 is 1.28 bits per heavy atom. The first-order valence-electron chi connectivity index (χ1n) is 6.20. The molecule has 18 heavy (non-hydrogen) atoms. The Bertz CT molecular complexity index is 507. The summed E-state index contributed by atoms with van der Waals surface area (Å²) in [6.45, 7) is 4.22. The molecule has 0 fully saturated rings. The Morgan fingerprint density at radius 3 is 2.72 bits per heavy atom. The maximum atomic E-state index is 4.56. The highest BCUT2D eigenvalue weighted by Gasteiger charge is 2.11. The van der Waals surface area contributed by atoms with Crippen LogP contribution in [0.1, 0.15) is 21.8 Å². The second-order valence-corrected chi connectivity index (χ2v) is 6.49. The first-order chi connectivity index (χ1) is 8.67. The number of aryl methyl sites for hydroxylation is 2. The number of hydrogen-bond acceptors (Lipinski definition) is 2. The molecule has 0 N–H and O–H groups in total. The molecule has 0 bridgehead atoms. The van der Waals surface area contributed by atoms with Gasteiger partial charge < -0.3 is 0 Å². The number of rotatable bonds is 5. The lowest BCUT2D eigenvalue weighted by Gasteiger charge is -2.13. The van der Waals surface area contributed by atoms with Gasteiger partial charge in [-0.3, -0.25) is 0 Å². The summed E-state index contributed by atoms with van der Waals surface area (Å²) in [4.78, 5) is 4.56. The molecule has 96 valence electrons. The Hall–Kier alpha value is -0.670. The standard InChI is InChI=1S/C15H18BrNS/c1-11-4-3-5-13(6-11)7-14(9-16)8-15-10-18-12(2)17-15/h3-6,10,14H,7-9H2,1-2H3. The minimum atomic E-state index is 0.619. The zero-order valence-electron chi connectivity index (χ0n) is 10.8. The van der Waals surface area contributed by atoms with E-state index >= 15 is 0 Å². The Kier molecular flexibility index (Phi) is 4.95. The first kappa shape index (κ1) is 13.8. The number of aromatic nitrogens is 1. The first-order valence-corrected chi connectivity index (χ1v) is 8.20. The van der Waals surface area contributed by atoms with Gasteiger partial charge in [0.2, 0.25) is 0 Å². The summed E-state index contributed by atoms with van der Waals surface area (Å²) in [6.07, 6.45) is 2.17. The van der Waals surface area contributed by atoms with Crippen LogP contribution >= 0.6 is 27.3 Å². The lowest BCUT2D eigenvalue weighted by Crippen LogP contribution is -2.10. The van der Waals surface area contributed by atoms with E-state index in [1.165, 1.54) is 16.8 Å². The molecule has 0 aliphatic heterocycles. The SMILES string of the molecule is Cc1cccc(CC(CBr)Cc2csc(C)n2)c1. The van der Waals surface area contributed by atoms with E-state index in [0.29, 0.717) is 5.92 Å². The van der Waals surface area contributed by atoms with E-state index in [-0.39, 0.29) is 0 Å². The van der Waals surface area contributed by atoms with Gasteiger partial charge in [-0.2, -0.15) is 0 Å². The van der Waals surface area contributed by atoms with E-state index in [1.54, 1.807) is 11.3 Å². The number of nitrogens with zero attached hydrogens (tertiary/aromatic N) is 1. The van der Waals surface area contributed by atoms with Crippen LogP contribution in [-0.4, -0.2) is 10.3 Å². The van der Waals surface area contributed by atoms with Crippen LogP contribution in [0, 0.1) is 19.8 Å². The van der Waals surface area contributed by atoms with E-state index in [4.69, 9.17) is 0 Å². The molecule has 1 atom stereocenters. The number of halogens is 1. The summed E-state index contributed by atoms with van der Waals surface area (Å²) in [6, 6.07) is 8.79. The fourth-order valence-corrected chi connectivity index (χ4v) is 3.23. The number of thiazole rings is 1. The zero-order chi connectivity index (χ0) is 13.0. The van der Waals surface area contributed by atoms with E-state index in [0.717, 1.165) is 23.2 Å². The van der Waals surface area contributed by atoms with Crippen molar-refractivity contribution >= 4 is 27.3 Å². The molecule has 1 aromatic carbocycles. The quantitative estimate of drug-likeness (QED) is 0.735. The topological polar surface area (TPSA) is 12.9 Å². The summed E-state index contributed by atoms with van der Waals surface area (Å²) in [5, 5.41) is 4.37. The highest BCUT2D eigenvalue weighted by atomic mass is 79.9. The summed E-state index contributed by atoms with van der Waals surface area (Å²) < 4.78 is 0. The minimum absolute atomic E-state index is 0.619. The average Bonchev–Trinajstić information content (AvgIpc) is 2.74. The predicted molar refractivity (Wildman–Crippen MR) is 82.7 cm³/mol. The summed E-state index contributed by atoms with van der Waals surface area (Å²) >= 11 is 5.37. The molecule has 2 aromatic rings. The van der Waals surface area contributed by atoms with Gasteiger partial charge in [0.15, 0.2) is 0 Å². The molecule has 0 aliphatic rings. The second-order valence-electron chi connectivity index (χ2n) is 4.78. The fraction of sp³-hybridized carbons (Fsp3) is 0.400. The van der Waals surface area contributed by atoms with Gasteiger partial charge in [0, 0.05) is 10.7 Å². The van der Waals surface area contributed by atoms with Gasteiger partial charge in [0.05, 0.1) is 10.7 Å². The minimum Gasteiger partial charge on any atom is -0.247 e.